The fourth-order valence-corrected chi connectivity index (χ4v) is 4.48. The molecule has 33 heavy (non-hydrogen) atoms. The maximum absolute atomic E-state index is 13.5. The van der Waals surface area contributed by atoms with Gasteiger partial charge < -0.3 is 15.4 Å². The summed E-state index contributed by atoms with van der Waals surface area (Å²) in [5, 5.41) is 0.847. The number of fused-ring (bicyclic) bond motifs is 2. The highest BCUT2D eigenvalue weighted by Crippen LogP contribution is 2.46. The third-order valence-electron chi connectivity index (χ3n) is 5.93. The number of ether oxygens (including phenoxy) is 1. The number of anilines is 3. The van der Waals surface area contributed by atoms with E-state index in [1.807, 2.05) is 30.3 Å². The molecule has 168 valence electrons. The fraction of sp³-hybridized carbons (Fsp3) is 0.200. The van der Waals surface area contributed by atoms with Gasteiger partial charge in [0.25, 0.3) is 0 Å². The fourth-order valence-electron chi connectivity index (χ4n) is 4.48. The topological polar surface area (TPSA) is 64.3 Å². The van der Waals surface area contributed by atoms with Crippen molar-refractivity contribution in [3.8, 4) is 5.75 Å². The normalized spacial score (nSPS) is 15.5. The van der Waals surface area contributed by atoms with Gasteiger partial charge in [-0.15, -0.1) is 0 Å². The van der Waals surface area contributed by atoms with E-state index in [1.165, 1.54) is 6.07 Å². The van der Waals surface area contributed by atoms with Gasteiger partial charge >= 0.3 is 6.18 Å². The Kier molecular flexibility index (Phi) is 5.08. The molecule has 0 spiro atoms. The third-order valence-corrected chi connectivity index (χ3v) is 5.93. The molecule has 4 aromatic rings. The number of nitrogens with two attached hydrogens (primary N) is 1. The molecule has 2 aromatic heterocycles. The highest BCUT2D eigenvalue weighted by molar-refractivity contribution is 5.84. The van der Waals surface area contributed by atoms with Crippen LogP contribution in [0.1, 0.15) is 29.3 Å². The lowest BCUT2D eigenvalue weighted by Gasteiger charge is -2.31. The summed E-state index contributed by atoms with van der Waals surface area (Å²) in [5.74, 6) is 1.37. The first-order valence-electron chi connectivity index (χ1n) is 10.5. The zero-order chi connectivity index (χ0) is 23.2. The maximum Gasteiger partial charge on any atom is 0.433 e. The van der Waals surface area contributed by atoms with Gasteiger partial charge in [-0.1, -0.05) is 18.2 Å². The van der Waals surface area contributed by atoms with Crippen molar-refractivity contribution in [2.45, 2.75) is 25.1 Å². The lowest BCUT2D eigenvalue weighted by atomic mass is 10.0. The summed E-state index contributed by atoms with van der Waals surface area (Å²) < 4.78 is 46.1. The molecule has 5 rings (SSSR count). The van der Waals surface area contributed by atoms with Crippen molar-refractivity contribution in [2.75, 3.05) is 17.7 Å². The minimum absolute atomic E-state index is 0.177. The second-order valence-electron chi connectivity index (χ2n) is 7.96. The number of hydrogen-bond acceptors (Lipinski definition) is 5. The highest BCUT2D eigenvalue weighted by atomic mass is 19.4. The molecule has 2 aromatic carbocycles. The number of methoxy groups -OCH3 is 1. The van der Waals surface area contributed by atoms with Crippen LogP contribution in [0.3, 0.4) is 0 Å². The van der Waals surface area contributed by atoms with E-state index in [-0.39, 0.29) is 11.9 Å². The smallest absolute Gasteiger partial charge is 0.433 e. The van der Waals surface area contributed by atoms with E-state index in [0.717, 1.165) is 29.0 Å². The van der Waals surface area contributed by atoms with Crippen LogP contribution in [-0.2, 0) is 12.6 Å². The zero-order valence-electron chi connectivity index (χ0n) is 17.8. The van der Waals surface area contributed by atoms with Gasteiger partial charge in [-0.05, 0) is 66.9 Å². The summed E-state index contributed by atoms with van der Waals surface area (Å²) >= 11 is 0. The summed E-state index contributed by atoms with van der Waals surface area (Å²) in [6.07, 6.45) is -3.09. The summed E-state index contributed by atoms with van der Waals surface area (Å²) in [6.45, 7) is 0. The van der Waals surface area contributed by atoms with Crippen LogP contribution in [0.4, 0.5) is 30.5 Å². The summed E-state index contributed by atoms with van der Waals surface area (Å²) in [7, 11) is 1.59. The zero-order valence-corrected chi connectivity index (χ0v) is 17.8. The molecule has 0 saturated carbocycles. The van der Waals surface area contributed by atoms with Gasteiger partial charge in [0.15, 0.2) is 0 Å². The Balaban J connectivity index is 1.71. The van der Waals surface area contributed by atoms with Gasteiger partial charge in [0.1, 0.15) is 23.1 Å². The van der Waals surface area contributed by atoms with Crippen molar-refractivity contribution in [3.05, 3.63) is 83.6 Å². The van der Waals surface area contributed by atoms with Crippen LogP contribution in [0.5, 0.6) is 5.75 Å². The SMILES string of the molecule is COc1cccc2c1C(N(c1cccc(C(F)(F)F)n1)c1ccc3cc(N)ccc3n1)CC2. The van der Waals surface area contributed by atoms with E-state index < -0.39 is 11.9 Å². The number of aromatic nitrogens is 2. The maximum atomic E-state index is 13.5. The van der Waals surface area contributed by atoms with Gasteiger partial charge in [-0.25, -0.2) is 9.97 Å². The van der Waals surface area contributed by atoms with Crippen LogP contribution < -0.4 is 15.4 Å². The van der Waals surface area contributed by atoms with Gasteiger partial charge in [-0.2, -0.15) is 13.2 Å². The molecule has 0 amide bonds. The number of nitrogen functional groups attached to an aromatic ring is 1. The average Bonchev–Trinajstić information content (AvgIpc) is 3.23. The van der Waals surface area contributed by atoms with E-state index in [4.69, 9.17) is 15.5 Å². The predicted octanol–water partition coefficient (Wildman–Crippen LogP) is 6.07. The van der Waals surface area contributed by atoms with Gasteiger partial charge in [-0.3, -0.25) is 0 Å². The third kappa shape index (κ3) is 3.82. The van der Waals surface area contributed by atoms with Crippen molar-refractivity contribution < 1.29 is 17.9 Å². The van der Waals surface area contributed by atoms with Gasteiger partial charge in [0, 0.05) is 16.6 Å². The van der Waals surface area contributed by atoms with Crippen molar-refractivity contribution in [1.82, 2.24) is 9.97 Å². The van der Waals surface area contributed by atoms with Crippen LogP contribution >= 0.6 is 0 Å². The average molecular weight is 450 g/mol. The first-order chi connectivity index (χ1) is 15.8. The van der Waals surface area contributed by atoms with Crippen LogP contribution in [0.25, 0.3) is 10.9 Å². The minimum atomic E-state index is -4.55. The Morgan fingerprint density at radius 2 is 1.76 bits per heavy atom. The molecule has 5 nitrogen and oxygen atoms in total. The van der Waals surface area contributed by atoms with Crippen molar-refractivity contribution in [1.29, 1.82) is 0 Å². The number of rotatable bonds is 4. The Bertz CT molecular complexity index is 1340. The summed E-state index contributed by atoms with van der Waals surface area (Å²) in [5.41, 5.74) is 8.29. The minimum Gasteiger partial charge on any atom is -0.496 e. The molecule has 1 aliphatic carbocycles. The largest absolute Gasteiger partial charge is 0.496 e. The van der Waals surface area contributed by atoms with Crippen LogP contribution in [0.15, 0.2) is 66.7 Å². The van der Waals surface area contributed by atoms with E-state index in [0.29, 0.717) is 29.2 Å². The monoisotopic (exact) mass is 450 g/mol. The first kappa shape index (κ1) is 21.1. The molecule has 1 atom stereocenters. The van der Waals surface area contributed by atoms with E-state index >= 15 is 0 Å². The standard InChI is InChI=1S/C25H21F3N4O/c1-33-20-5-2-4-15-8-12-19(24(15)20)32(22-7-3-6-21(31-22)25(26,27)28)23-13-9-16-14-17(29)10-11-18(16)30-23/h2-7,9-11,13-14,19H,8,12,29H2,1H3. The highest BCUT2D eigenvalue weighted by Gasteiger charge is 2.36. The number of alkyl halides is 3. The number of halogens is 3. The molecule has 0 radical (unpaired) electrons. The van der Waals surface area contributed by atoms with E-state index in [9.17, 15) is 13.2 Å². The number of aryl methyl sites for hydroxylation is 1. The number of benzene rings is 2. The number of nitrogens with zero attached hydrogens (tertiary/aromatic N) is 3. The molecule has 8 heteroatoms. The molecule has 0 bridgehead atoms. The Labute approximate surface area is 188 Å². The molecular weight excluding hydrogens is 429 g/mol. The Hall–Kier alpha value is -3.81. The molecule has 0 saturated heterocycles. The Morgan fingerprint density at radius 1 is 0.970 bits per heavy atom. The molecule has 1 aliphatic rings. The van der Waals surface area contributed by atoms with Crippen molar-refractivity contribution >= 4 is 28.2 Å². The van der Waals surface area contributed by atoms with Crippen LogP contribution in [-0.4, -0.2) is 17.1 Å². The van der Waals surface area contributed by atoms with Gasteiger partial charge in [0.2, 0.25) is 0 Å². The van der Waals surface area contributed by atoms with Crippen molar-refractivity contribution in [3.63, 3.8) is 0 Å². The number of hydrogen-bond donors (Lipinski definition) is 1. The first-order valence-corrected chi connectivity index (χ1v) is 10.5. The summed E-state index contributed by atoms with van der Waals surface area (Å²) in [6, 6.07) is 18.5. The van der Waals surface area contributed by atoms with E-state index in [2.05, 4.69) is 4.98 Å². The molecule has 2 N–H and O–H groups in total. The molecule has 0 fully saturated rings. The second kappa shape index (κ2) is 7.95. The van der Waals surface area contributed by atoms with E-state index in [1.54, 1.807) is 36.3 Å². The second-order valence-corrected chi connectivity index (χ2v) is 7.96. The molecule has 0 aliphatic heterocycles. The quantitative estimate of drug-likeness (QED) is 0.383. The molecular formula is C25H21F3N4O. The van der Waals surface area contributed by atoms with Crippen LogP contribution in [0, 0.1) is 0 Å². The Morgan fingerprint density at radius 3 is 2.55 bits per heavy atom. The summed E-state index contributed by atoms with van der Waals surface area (Å²) in [4.78, 5) is 10.5. The van der Waals surface area contributed by atoms with Crippen LogP contribution in [0.2, 0.25) is 0 Å². The predicted molar refractivity (Wildman–Crippen MR) is 122 cm³/mol. The number of pyridine rings is 2. The van der Waals surface area contributed by atoms with Crippen molar-refractivity contribution in [2.24, 2.45) is 0 Å². The molecule has 2 heterocycles. The lowest BCUT2D eigenvalue weighted by molar-refractivity contribution is -0.141. The lowest BCUT2D eigenvalue weighted by Crippen LogP contribution is -2.25. The van der Waals surface area contributed by atoms with Gasteiger partial charge in [0.05, 0.1) is 18.7 Å². The molecule has 1 unspecified atom stereocenters.